The molecule has 3 aromatic rings. The first-order valence-electron chi connectivity index (χ1n) is 5.21. The zero-order chi connectivity index (χ0) is 12.5. The van der Waals surface area contributed by atoms with E-state index >= 15 is 0 Å². The minimum atomic E-state index is 0.648. The molecule has 0 spiro atoms. The molecule has 3 heterocycles. The first-order valence-corrected chi connectivity index (χ1v) is 6.80. The van der Waals surface area contributed by atoms with Gasteiger partial charge in [0.15, 0.2) is 0 Å². The van der Waals surface area contributed by atoms with Crippen molar-refractivity contribution < 1.29 is 0 Å². The Bertz CT molecular complexity index is 709. The summed E-state index contributed by atoms with van der Waals surface area (Å²) in [4.78, 5) is 13.6. The van der Waals surface area contributed by atoms with Crippen molar-refractivity contribution in [2.24, 2.45) is 0 Å². The maximum Gasteiger partial charge on any atom is 0.148 e. The molecule has 3 aromatic heterocycles. The van der Waals surface area contributed by atoms with Crippen molar-refractivity contribution in [3.05, 3.63) is 30.4 Å². The Balaban J connectivity index is 2.10. The van der Waals surface area contributed by atoms with Crippen LogP contribution < -0.4 is 5.73 Å². The van der Waals surface area contributed by atoms with E-state index < -0.39 is 0 Å². The molecule has 0 amide bonds. The van der Waals surface area contributed by atoms with Crippen molar-refractivity contribution in [3.63, 3.8) is 0 Å². The molecule has 18 heavy (non-hydrogen) atoms. The van der Waals surface area contributed by atoms with Gasteiger partial charge in [-0.2, -0.15) is 4.37 Å². The van der Waals surface area contributed by atoms with E-state index in [1.807, 2.05) is 19.1 Å². The van der Waals surface area contributed by atoms with Gasteiger partial charge in [0.05, 0.1) is 16.8 Å². The Kier molecular flexibility index (Phi) is 2.85. The van der Waals surface area contributed by atoms with E-state index in [9.17, 15) is 0 Å². The molecule has 90 valence electrons. The topological polar surface area (TPSA) is 77.6 Å². The van der Waals surface area contributed by atoms with Crippen LogP contribution in [0.4, 0.5) is 5.69 Å². The zero-order valence-electron chi connectivity index (χ0n) is 9.49. The predicted molar refractivity (Wildman–Crippen MR) is 72.7 cm³/mol. The summed E-state index contributed by atoms with van der Waals surface area (Å²) < 4.78 is 4.29. The van der Waals surface area contributed by atoms with E-state index in [1.54, 1.807) is 12.5 Å². The Labute approximate surface area is 112 Å². The maximum atomic E-state index is 5.89. The second-order valence-corrected chi connectivity index (χ2v) is 5.36. The van der Waals surface area contributed by atoms with E-state index in [2.05, 4.69) is 19.3 Å². The molecule has 3 rings (SSSR count). The van der Waals surface area contributed by atoms with Gasteiger partial charge < -0.3 is 5.73 Å². The molecule has 0 aliphatic rings. The van der Waals surface area contributed by atoms with E-state index in [0.717, 1.165) is 26.0 Å². The van der Waals surface area contributed by atoms with Crippen LogP contribution in [0.15, 0.2) is 34.7 Å². The maximum absolute atomic E-state index is 5.89. The lowest BCUT2D eigenvalue weighted by Gasteiger charge is -2.03. The van der Waals surface area contributed by atoms with Gasteiger partial charge in [0.2, 0.25) is 0 Å². The Hall–Kier alpha value is -1.73. The minimum absolute atomic E-state index is 0.648. The van der Waals surface area contributed by atoms with Gasteiger partial charge in [0, 0.05) is 6.20 Å². The molecule has 2 N–H and O–H groups in total. The Morgan fingerprint density at radius 1 is 1.22 bits per heavy atom. The number of nitrogens with zero attached hydrogens (tertiary/aromatic N) is 4. The van der Waals surface area contributed by atoms with Crippen molar-refractivity contribution in [1.29, 1.82) is 0 Å². The number of anilines is 1. The molecular formula is C11H9N5S2. The molecule has 7 heteroatoms. The molecule has 5 nitrogen and oxygen atoms in total. The number of fused-ring (bicyclic) bond motifs is 1. The van der Waals surface area contributed by atoms with E-state index in [4.69, 9.17) is 5.73 Å². The van der Waals surface area contributed by atoms with E-state index in [-0.39, 0.29) is 0 Å². The number of hydrogen-bond acceptors (Lipinski definition) is 7. The number of aryl methyl sites for hydroxylation is 1. The predicted octanol–water partition coefficient (Wildman–Crippen LogP) is 2.52. The third-order valence-corrected chi connectivity index (χ3v) is 4.29. The highest BCUT2D eigenvalue weighted by atomic mass is 32.2. The SMILES string of the molecule is Cc1nsc2ncnc(Sc3ncccc3N)c12. The third kappa shape index (κ3) is 1.91. The first kappa shape index (κ1) is 11.4. The fourth-order valence-corrected chi connectivity index (χ4v) is 3.29. The average molecular weight is 275 g/mol. The Morgan fingerprint density at radius 2 is 2.11 bits per heavy atom. The van der Waals surface area contributed by atoms with Crippen molar-refractivity contribution in [1.82, 2.24) is 19.3 Å². The molecule has 0 fully saturated rings. The zero-order valence-corrected chi connectivity index (χ0v) is 11.1. The van der Waals surface area contributed by atoms with E-state index in [1.165, 1.54) is 23.3 Å². The second kappa shape index (κ2) is 4.51. The first-order chi connectivity index (χ1) is 8.75. The van der Waals surface area contributed by atoms with Crippen molar-refractivity contribution in [2.45, 2.75) is 17.0 Å². The van der Waals surface area contributed by atoms with Crippen molar-refractivity contribution in [3.8, 4) is 0 Å². The summed E-state index contributed by atoms with van der Waals surface area (Å²) in [7, 11) is 0. The fraction of sp³-hybridized carbons (Fsp3) is 0.0909. The smallest absolute Gasteiger partial charge is 0.148 e. The summed E-state index contributed by atoms with van der Waals surface area (Å²) in [6.07, 6.45) is 3.26. The van der Waals surface area contributed by atoms with E-state index in [0.29, 0.717) is 5.69 Å². The number of hydrogen-bond donors (Lipinski definition) is 1. The van der Waals surface area contributed by atoms with Crippen LogP contribution in [0.25, 0.3) is 10.2 Å². The molecule has 0 aliphatic carbocycles. The minimum Gasteiger partial charge on any atom is -0.397 e. The molecule has 0 aliphatic heterocycles. The number of aromatic nitrogens is 4. The highest BCUT2D eigenvalue weighted by molar-refractivity contribution is 7.99. The number of pyridine rings is 1. The normalized spacial score (nSPS) is 10.9. The van der Waals surface area contributed by atoms with Crippen LogP contribution >= 0.6 is 23.3 Å². The van der Waals surface area contributed by atoms with Crippen LogP contribution in [0.3, 0.4) is 0 Å². The molecular weight excluding hydrogens is 266 g/mol. The summed E-state index contributed by atoms with van der Waals surface area (Å²) in [6.45, 7) is 1.95. The quantitative estimate of drug-likeness (QED) is 0.724. The van der Waals surface area contributed by atoms with Crippen LogP contribution in [0, 0.1) is 6.92 Å². The highest BCUT2D eigenvalue weighted by Gasteiger charge is 2.12. The van der Waals surface area contributed by atoms with Gasteiger partial charge in [-0.25, -0.2) is 15.0 Å². The second-order valence-electron chi connectivity index (χ2n) is 3.63. The lowest BCUT2D eigenvalue weighted by Crippen LogP contribution is -1.92. The molecule has 0 bridgehead atoms. The van der Waals surface area contributed by atoms with Crippen LogP contribution in [0.1, 0.15) is 5.69 Å². The fourth-order valence-electron chi connectivity index (χ4n) is 1.55. The van der Waals surface area contributed by atoms with Crippen LogP contribution in [-0.4, -0.2) is 19.3 Å². The van der Waals surface area contributed by atoms with Gasteiger partial charge in [0.1, 0.15) is 21.2 Å². The number of nitrogen functional groups attached to an aromatic ring is 1. The molecule has 0 aromatic carbocycles. The van der Waals surface area contributed by atoms with Gasteiger partial charge in [-0.05, 0) is 42.4 Å². The molecule has 0 unspecified atom stereocenters. The van der Waals surface area contributed by atoms with Gasteiger partial charge in [-0.3, -0.25) is 0 Å². The summed E-state index contributed by atoms with van der Waals surface area (Å²) in [5.41, 5.74) is 7.47. The summed E-state index contributed by atoms with van der Waals surface area (Å²) in [5, 5.41) is 2.58. The summed E-state index contributed by atoms with van der Waals surface area (Å²) in [6, 6.07) is 3.64. The third-order valence-electron chi connectivity index (χ3n) is 2.40. The van der Waals surface area contributed by atoms with Crippen LogP contribution in [0.5, 0.6) is 0 Å². The number of rotatable bonds is 2. The highest BCUT2D eigenvalue weighted by Crippen LogP contribution is 2.34. The Morgan fingerprint density at radius 3 is 2.94 bits per heavy atom. The van der Waals surface area contributed by atoms with Crippen molar-refractivity contribution in [2.75, 3.05) is 5.73 Å². The molecule has 0 saturated carbocycles. The van der Waals surface area contributed by atoms with Crippen molar-refractivity contribution >= 4 is 39.2 Å². The van der Waals surface area contributed by atoms with Gasteiger partial charge in [-0.15, -0.1) is 0 Å². The van der Waals surface area contributed by atoms with Crippen LogP contribution in [0.2, 0.25) is 0 Å². The lowest BCUT2D eigenvalue weighted by molar-refractivity contribution is 1.08. The standard InChI is InChI=1S/C11H9N5S2/c1-6-8-10(14-5-15-11(8)18-16-6)17-9-7(12)3-2-4-13-9/h2-5H,12H2,1H3. The summed E-state index contributed by atoms with van der Waals surface area (Å²) >= 11 is 2.82. The lowest BCUT2D eigenvalue weighted by atomic mass is 10.3. The average Bonchev–Trinajstić information content (AvgIpc) is 2.75. The van der Waals surface area contributed by atoms with Crippen LogP contribution in [-0.2, 0) is 0 Å². The molecule has 0 saturated heterocycles. The van der Waals surface area contributed by atoms with Gasteiger partial charge >= 0.3 is 0 Å². The number of nitrogens with two attached hydrogens (primary N) is 1. The largest absolute Gasteiger partial charge is 0.397 e. The molecule has 0 atom stereocenters. The van der Waals surface area contributed by atoms with Gasteiger partial charge in [-0.1, -0.05) is 0 Å². The monoisotopic (exact) mass is 275 g/mol. The molecule has 0 radical (unpaired) electrons. The van der Waals surface area contributed by atoms with Gasteiger partial charge in [0.25, 0.3) is 0 Å². The summed E-state index contributed by atoms with van der Waals surface area (Å²) in [5.74, 6) is 0.